The van der Waals surface area contributed by atoms with Gasteiger partial charge in [0, 0.05) is 19.2 Å². The fourth-order valence-corrected chi connectivity index (χ4v) is 3.23. The van der Waals surface area contributed by atoms with E-state index in [1.807, 2.05) is 6.92 Å². The van der Waals surface area contributed by atoms with Crippen LogP contribution in [-0.2, 0) is 14.3 Å². The van der Waals surface area contributed by atoms with Crippen LogP contribution in [0.2, 0.25) is 0 Å². The third kappa shape index (κ3) is 4.94. The molecule has 2 atom stereocenters. The lowest BCUT2D eigenvalue weighted by molar-refractivity contribution is -0.148. The van der Waals surface area contributed by atoms with Crippen LogP contribution in [-0.4, -0.2) is 62.4 Å². The highest BCUT2D eigenvalue weighted by molar-refractivity contribution is 5.81. The summed E-state index contributed by atoms with van der Waals surface area (Å²) in [5.74, 6) is -0.112. The first-order valence-corrected chi connectivity index (χ1v) is 8.28. The van der Waals surface area contributed by atoms with Crippen molar-refractivity contribution in [1.82, 2.24) is 10.2 Å². The Hall–Kier alpha value is -0.650. The minimum Gasteiger partial charge on any atom is -0.468 e. The molecular weight excluding hydrogens is 268 g/mol. The van der Waals surface area contributed by atoms with E-state index in [1.54, 1.807) is 0 Å². The Morgan fingerprint density at radius 2 is 2.14 bits per heavy atom. The van der Waals surface area contributed by atoms with Gasteiger partial charge in [0.25, 0.3) is 0 Å². The van der Waals surface area contributed by atoms with E-state index < -0.39 is 5.54 Å². The lowest BCUT2D eigenvalue weighted by Gasteiger charge is -2.31. The SMILES string of the molecule is CCCNC1(C(=O)OC)CCC(N(CC)CCOCC)C1. The molecule has 0 aromatic heterocycles. The van der Waals surface area contributed by atoms with Gasteiger partial charge in [-0.15, -0.1) is 0 Å². The molecule has 1 aliphatic rings. The number of carbonyl (C=O) groups excluding carboxylic acids is 1. The fourth-order valence-electron chi connectivity index (χ4n) is 3.23. The van der Waals surface area contributed by atoms with Gasteiger partial charge in [-0.1, -0.05) is 13.8 Å². The lowest BCUT2D eigenvalue weighted by atomic mass is 9.97. The highest BCUT2D eigenvalue weighted by Crippen LogP contribution is 2.34. The molecule has 5 heteroatoms. The zero-order chi connectivity index (χ0) is 15.7. The summed E-state index contributed by atoms with van der Waals surface area (Å²) < 4.78 is 10.5. The zero-order valence-electron chi connectivity index (χ0n) is 14.1. The Kier molecular flexibility index (Phi) is 8.22. The molecule has 1 N–H and O–H groups in total. The maximum atomic E-state index is 12.2. The molecular formula is C16H32N2O3. The van der Waals surface area contributed by atoms with Crippen LogP contribution >= 0.6 is 0 Å². The molecule has 0 bridgehead atoms. The van der Waals surface area contributed by atoms with E-state index in [2.05, 4.69) is 24.1 Å². The third-order valence-corrected chi connectivity index (χ3v) is 4.43. The van der Waals surface area contributed by atoms with Gasteiger partial charge >= 0.3 is 5.97 Å². The smallest absolute Gasteiger partial charge is 0.326 e. The molecule has 1 saturated carbocycles. The highest BCUT2D eigenvalue weighted by atomic mass is 16.5. The van der Waals surface area contributed by atoms with Gasteiger partial charge in [-0.05, 0) is 45.7 Å². The zero-order valence-corrected chi connectivity index (χ0v) is 14.1. The number of ether oxygens (including phenoxy) is 2. The molecule has 1 fully saturated rings. The molecule has 0 aliphatic heterocycles. The summed E-state index contributed by atoms with van der Waals surface area (Å²) in [5.41, 5.74) is -0.492. The number of nitrogens with one attached hydrogen (secondary N) is 1. The van der Waals surface area contributed by atoms with E-state index in [0.717, 1.165) is 58.5 Å². The van der Waals surface area contributed by atoms with E-state index in [4.69, 9.17) is 9.47 Å². The number of nitrogens with zero attached hydrogens (tertiary/aromatic N) is 1. The molecule has 1 aliphatic carbocycles. The Balaban J connectivity index is 2.65. The largest absolute Gasteiger partial charge is 0.468 e. The second-order valence-corrected chi connectivity index (χ2v) is 5.72. The monoisotopic (exact) mass is 300 g/mol. The molecule has 0 amide bonds. The fraction of sp³-hybridized carbons (Fsp3) is 0.938. The Morgan fingerprint density at radius 3 is 2.71 bits per heavy atom. The molecule has 0 radical (unpaired) electrons. The quantitative estimate of drug-likeness (QED) is 0.492. The number of methoxy groups -OCH3 is 1. The van der Waals surface area contributed by atoms with Crippen molar-refractivity contribution in [1.29, 1.82) is 0 Å². The lowest BCUT2D eigenvalue weighted by Crippen LogP contribution is -2.52. The minimum absolute atomic E-state index is 0.112. The van der Waals surface area contributed by atoms with Crippen molar-refractivity contribution in [2.75, 3.05) is 40.0 Å². The van der Waals surface area contributed by atoms with E-state index in [-0.39, 0.29) is 5.97 Å². The summed E-state index contributed by atoms with van der Waals surface area (Å²) in [6.07, 6.45) is 3.74. The summed E-state index contributed by atoms with van der Waals surface area (Å²) in [5, 5.41) is 3.44. The average molecular weight is 300 g/mol. The Morgan fingerprint density at radius 1 is 1.38 bits per heavy atom. The number of rotatable bonds is 10. The van der Waals surface area contributed by atoms with Crippen LogP contribution < -0.4 is 5.32 Å². The molecule has 0 heterocycles. The predicted octanol–water partition coefficient (Wildman–Crippen LogP) is 1.81. The number of likely N-dealkylation sites (N-methyl/N-ethyl adjacent to an activating group) is 1. The molecule has 1 rings (SSSR count). The number of esters is 1. The van der Waals surface area contributed by atoms with Crippen molar-refractivity contribution in [2.45, 2.75) is 58.0 Å². The average Bonchev–Trinajstić information content (AvgIpc) is 2.94. The summed E-state index contributed by atoms with van der Waals surface area (Å²) in [7, 11) is 1.48. The third-order valence-electron chi connectivity index (χ3n) is 4.43. The van der Waals surface area contributed by atoms with Crippen LogP contribution in [0.1, 0.15) is 46.5 Å². The number of hydrogen-bond acceptors (Lipinski definition) is 5. The van der Waals surface area contributed by atoms with Gasteiger partial charge in [-0.2, -0.15) is 0 Å². The van der Waals surface area contributed by atoms with Crippen LogP contribution in [0.4, 0.5) is 0 Å². The molecule has 5 nitrogen and oxygen atoms in total. The molecule has 0 saturated heterocycles. The molecule has 0 spiro atoms. The van der Waals surface area contributed by atoms with E-state index in [9.17, 15) is 4.79 Å². The second kappa shape index (κ2) is 9.38. The summed E-state index contributed by atoms with van der Waals surface area (Å²) in [6.45, 7) is 10.6. The van der Waals surface area contributed by atoms with Gasteiger partial charge < -0.3 is 14.8 Å². The van der Waals surface area contributed by atoms with Crippen molar-refractivity contribution >= 4 is 5.97 Å². The van der Waals surface area contributed by atoms with Crippen molar-refractivity contribution < 1.29 is 14.3 Å². The minimum atomic E-state index is -0.492. The van der Waals surface area contributed by atoms with E-state index in [0.29, 0.717) is 6.04 Å². The van der Waals surface area contributed by atoms with Crippen molar-refractivity contribution in [3.05, 3.63) is 0 Å². The van der Waals surface area contributed by atoms with Crippen LogP contribution in [0.5, 0.6) is 0 Å². The van der Waals surface area contributed by atoms with Crippen molar-refractivity contribution in [2.24, 2.45) is 0 Å². The Bertz CT molecular complexity index is 312. The van der Waals surface area contributed by atoms with Gasteiger partial charge in [-0.3, -0.25) is 9.69 Å². The van der Waals surface area contributed by atoms with Gasteiger partial charge in [0.2, 0.25) is 0 Å². The summed E-state index contributed by atoms with van der Waals surface area (Å²) in [4.78, 5) is 14.7. The van der Waals surface area contributed by atoms with E-state index in [1.165, 1.54) is 7.11 Å². The second-order valence-electron chi connectivity index (χ2n) is 5.72. The maximum absolute atomic E-state index is 12.2. The van der Waals surface area contributed by atoms with Crippen LogP contribution in [0.25, 0.3) is 0 Å². The summed E-state index contributed by atoms with van der Waals surface area (Å²) in [6, 6.07) is 0.430. The predicted molar refractivity (Wildman–Crippen MR) is 84.4 cm³/mol. The van der Waals surface area contributed by atoms with Crippen LogP contribution in [0, 0.1) is 0 Å². The van der Waals surface area contributed by atoms with Gasteiger partial charge in [0.05, 0.1) is 13.7 Å². The molecule has 124 valence electrons. The highest BCUT2D eigenvalue weighted by Gasteiger charge is 2.47. The maximum Gasteiger partial charge on any atom is 0.326 e. The van der Waals surface area contributed by atoms with Gasteiger partial charge in [-0.25, -0.2) is 0 Å². The topological polar surface area (TPSA) is 50.8 Å². The number of hydrogen-bond donors (Lipinski definition) is 1. The van der Waals surface area contributed by atoms with Crippen LogP contribution in [0.15, 0.2) is 0 Å². The first-order valence-electron chi connectivity index (χ1n) is 8.28. The molecule has 0 aromatic rings. The van der Waals surface area contributed by atoms with Crippen molar-refractivity contribution in [3.63, 3.8) is 0 Å². The Labute approximate surface area is 129 Å². The van der Waals surface area contributed by atoms with Crippen LogP contribution in [0.3, 0.4) is 0 Å². The number of carbonyl (C=O) groups is 1. The molecule has 0 aromatic carbocycles. The van der Waals surface area contributed by atoms with Crippen molar-refractivity contribution in [3.8, 4) is 0 Å². The normalized spacial score (nSPS) is 25.5. The first-order chi connectivity index (χ1) is 10.1. The van der Waals surface area contributed by atoms with Gasteiger partial charge in [0.1, 0.15) is 5.54 Å². The standard InChI is InChI=1S/C16H32N2O3/c1-5-10-17-16(15(19)20-4)9-8-14(13-16)18(6-2)11-12-21-7-3/h14,17H,5-13H2,1-4H3. The molecule has 21 heavy (non-hydrogen) atoms. The van der Waals surface area contributed by atoms with E-state index >= 15 is 0 Å². The van der Waals surface area contributed by atoms with Gasteiger partial charge in [0.15, 0.2) is 0 Å². The first kappa shape index (κ1) is 18.4. The molecule has 2 unspecified atom stereocenters. The summed E-state index contributed by atoms with van der Waals surface area (Å²) >= 11 is 0.